The van der Waals surface area contributed by atoms with Crippen molar-refractivity contribution in [2.24, 2.45) is 7.05 Å². The van der Waals surface area contributed by atoms with Crippen LogP contribution in [0.3, 0.4) is 0 Å². The van der Waals surface area contributed by atoms with E-state index in [9.17, 15) is 27.6 Å². The van der Waals surface area contributed by atoms with Crippen molar-refractivity contribution >= 4 is 28.5 Å². The average Bonchev–Trinajstić information content (AvgIpc) is 2.88. The predicted molar refractivity (Wildman–Crippen MR) is 140 cm³/mol. The van der Waals surface area contributed by atoms with E-state index in [2.05, 4.69) is 15.6 Å². The van der Waals surface area contributed by atoms with Crippen molar-refractivity contribution in [3.63, 3.8) is 0 Å². The largest absolute Gasteiger partial charge is 0.416 e. The van der Waals surface area contributed by atoms with Crippen LogP contribution < -0.4 is 16.2 Å². The summed E-state index contributed by atoms with van der Waals surface area (Å²) in [5.41, 5.74) is -0.0125. The van der Waals surface area contributed by atoms with Crippen LogP contribution in [0.1, 0.15) is 46.4 Å². The van der Waals surface area contributed by atoms with Crippen molar-refractivity contribution in [2.75, 3.05) is 5.32 Å². The Morgan fingerprint density at radius 2 is 1.64 bits per heavy atom. The van der Waals surface area contributed by atoms with Crippen LogP contribution in [0.15, 0.2) is 77.6 Å². The fourth-order valence-electron chi connectivity index (χ4n) is 4.94. The van der Waals surface area contributed by atoms with E-state index in [1.54, 1.807) is 55.6 Å². The number of carbonyl (C=O) groups excluding carboxylic acids is 2. The second-order valence-corrected chi connectivity index (χ2v) is 9.66. The van der Waals surface area contributed by atoms with Crippen LogP contribution in [-0.2, 0) is 30.0 Å². The third kappa shape index (κ3) is 5.14. The summed E-state index contributed by atoms with van der Waals surface area (Å²) in [6.45, 7) is 0. The van der Waals surface area contributed by atoms with Gasteiger partial charge in [0.1, 0.15) is 0 Å². The summed E-state index contributed by atoms with van der Waals surface area (Å²) >= 11 is 0. The Labute approximate surface area is 221 Å². The van der Waals surface area contributed by atoms with Gasteiger partial charge in [0.25, 0.3) is 11.5 Å². The highest BCUT2D eigenvalue weighted by Gasteiger charge is 2.40. The van der Waals surface area contributed by atoms with Gasteiger partial charge in [-0.3, -0.25) is 14.4 Å². The minimum absolute atomic E-state index is 0.0801. The van der Waals surface area contributed by atoms with Crippen molar-refractivity contribution in [1.29, 1.82) is 0 Å². The predicted octanol–water partition coefficient (Wildman–Crippen LogP) is 4.94. The molecule has 10 heteroatoms. The fraction of sp³-hybridized carbons (Fsp3) is 0.241. The highest BCUT2D eigenvalue weighted by molar-refractivity contribution is 6.03. The summed E-state index contributed by atoms with van der Waals surface area (Å²) in [5.74, 6) is -1.15. The lowest BCUT2D eigenvalue weighted by molar-refractivity contribution is -0.138. The molecule has 1 fully saturated rings. The second-order valence-electron chi connectivity index (χ2n) is 9.66. The zero-order chi connectivity index (χ0) is 27.8. The number of alkyl halides is 3. The summed E-state index contributed by atoms with van der Waals surface area (Å²) in [6.07, 6.45) is -2.79. The van der Waals surface area contributed by atoms with Crippen LogP contribution in [0.4, 0.5) is 18.9 Å². The molecule has 0 radical (unpaired) electrons. The first kappa shape index (κ1) is 26.1. The van der Waals surface area contributed by atoms with Gasteiger partial charge in [0.2, 0.25) is 5.91 Å². The Morgan fingerprint density at radius 3 is 2.31 bits per heavy atom. The Balaban J connectivity index is 1.31. The van der Waals surface area contributed by atoms with Gasteiger partial charge in [-0.1, -0.05) is 42.5 Å². The molecule has 0 saturated heterocycles. The van der Waals surface area contributed by atoms with Gasteiger partial charge in [0, 0.05) is 12.7 Å². The molecule has 1 aromatic heterocycles. The van der Waals surface area contributed by atoms with Gasteiger partial charge < -0.3 is 15.2 Å². The molecule has 1 aliphatic carbocycles. The van der Waals surface area contributed by atoms with E-state index < -0.39 is 34.7 Å². The molecular weight excluding hydrogens is 509 g/mol. The number of amides is 2. The van der Waals surface area contributed by atoms with E-state index in [1.807, 2.05) is 0 Å². The number of aromatic nitrogens is 2. The van der Waals surface area contributed by atoms with Crippen molar-refractivity contribution in [3.05, 3.63) is 106 Å². The van der Waals surface area contributed by atoms with Crippen molar-refractivity contribution in [1.82, 2.24) is 14.9 Å². The number of nitrogens with one attached hydrogen (secondary N) is 2. The lowest BCUT2D eigenvalue weighted by Gasteiger charge is -2.43. The topological polar surface area (TPSA) is 93.1 Å². The maximum absolute atomic E-state index is 13.3. The van der Waals surface area contributed by atoms with Gasteiger partial charge in [-0.25, -0.2) is 4.98 Å². The molecule has 3 aromatic carbocycles. The molecular formula is C29H25F3N4O3. The number of fused-ring (bicyclic) bond motifs is 1. The standard InChI is InChI=1S/C29H25F3N4O3/c1-36-23-10-5-4-9-22(23)34-25(27(36)39)26(38)33-20-13-11-19(12-14-20)28(15-6-16-28)35-24(37)17-18-7-2-3-8-21(18)29(30,31)32/h2-5,7-14H,6,15-17H2,1H3,(H,33,38)(H,35,37). The van der Waals surface area contributed by atoms with E-state index in [4.69, 9.17) is 0 Å². The summed E-state index contributed by atoms with van der Waals surface area (Å²) in [5, 5.41) is 5.63. The molecule has 0 spiro atoms. The van der Waals surface area contributed by atoms with Crippen molar-refractivity contribution in [3.8, 4) is 0 Å². The van der Waals surface area contributed by atoms with Crippen LogP contribution in [-0.4, -0.2) is 21.4 Å². The fourth-order valence-corrected chi connectivity index (χ4v) is 4.94. The Kier molecular flexibility index (Phi) is 6.71. The van der Waals surface area contributed by atoms with E-state index in [1.165, 1.54) is 22.8 Å². The molecule has 1 aliphatic rings. The average molecular weight is 535 g/mol. The van der Waals surface area contributed by atoms with Crippen LogP contribution >= 0.6 is 0 Å². The Hall–Kier alpha value is -4.47. The quantitative estimate of drug-likeness (QED) is 0.367. The van der Waals surface area contributed by atoms with Crippen LogP contribution in [0.25, 0.3) is 11.0 Å². The lowest BCUT2D eigenvalue weighted by Crippen LogP contribution is -2.51. The van der Waals surface area contributed by atoms with E-state index in [-0.39, 0.29) is 17.7 Å². The van der Waals surface area contributed by atoms with E-state index in [0.29, 0.717) is 29.6 Å². The number of halogens is 3. The smallest absolute Gasteiger partial charge is 0.346 e. The molecule has 0 atom stereocenters. The Morgan fingerprint density at radius 1 is 0.974 bits per heavy atom. The number of para-hydroxylation sites is 2. The number of hydrogen-bond acceptors (Lipinski definition) is 4. The molecule has 39 heavy (non-hydrogen) atoms. The number of hydrogen-bond donors (Lipinski definition) is 2. The number of aryl methyl sites for hydroxylation is 1. The van der Waals surface area contributed by atoms with Gasteiger partial charge in [-0.15, -0.1) is 0 Å². The summed E-state index contributed by atoms with van der Waals surface area (Å²) in [6, 6.07) is 18.9. The zero-order valence-electron chi connectivity index (χ0n) is 21.0. The monoisotopic (exact) mass is 534 g/mol. The third-order valence-electron chi connectivity index (χ3n) is 7.15. The van der Waals surface area contributed by atoms with E-state index in [0.717, 1.165) is 18.1 Å². The highest BCUT2D eigenvalue weighted by Crippen LogP contribution is 2.42. The molecule has 0 unspecified atom stereocenters. The molecule has 5 rings (SSSR count). The first-order chi connectivity index (χ1) is 18.6. The molecule has 1 heterocycles. The van der Waals surface area contributed by atoms with E-state index >= 15 is 0 Å². The number of rotatable bonds is 6. The molecule has 200 valence electrons. The van der Waals surface area contributed by atoms with Gasteiger partial charge >= 0.3 is 6.18 Å². The summed E-state index contributed by atoms with van der Waals surface area (Å²) in [4.78, 5) is 42.6. The van der Waals surface area contributed by atoms with Crippen molar-refractivity contribution in [2.45, 2.75) is 37.4 Å². The minimum Gasteiger partial charge on any atom is -0.346 e. The van der Waals surface area contributed by atoms with Gasteiger partial charge in [0.05, 0.1) is 28.6 Å². The van der Waals surface area contributed by atoms with Gasteiger partial charge in [0.15, 0.2) is 5.69 Å². The van der Waals surface area contributed by atoms with Crippen LogP contribution in [0, 0.1) is 0 Å². The summed E-state index contributed by atoms with van der Waals surface area (Å²) in [7, 11) is 1.58. The molecule has 7 nitrogen and oxygen atoms in total. The van der Waals surface area contributed by atoms with Crippen molar-refractivity contribution < 1.29 is 22.8 Å². The van der Waals surface area contributed by atoms with Crippen LogP contribution in [0.2, 0.25) is 0 Å². The number of anilines is 1. The third-order valence-corrected chi connectivity index (χ3v) is 7.15. The number of carbonyl (C=O) groups is 2. The van der Waals surface area contributed by atoms with Gasteiger partial charge in [-0.2, -0.15) is 13.2 Å². The maximum Gasteiger partial charge on any atom is 0.416 e. The number of benzene rings is 3. The molecule has 1 saturated carbocycles. The molecule has 0 aliphatic heterocycles. The molecule has 4 aromatic rings. The second kappa shape index (κ2) is 10.0. The highest BCUT2D eigenvalue weighted by atomic mass is 19.4. The SMILES string of the molecule is Cn1c(=O)c(C(=O)Nc2ccc(C3(NC(=O)Cc4ccccc4C(F)(F)F)CCC3)cc2)nc2ccccc21. The minimum atomic E-state index is -4.54. The molecule has 2 amide bonds. The summed E-state index contributed by atoms with van der Waals surface area (Å²) < 4.78 is 41.4. The first-order valence-corrected chi connectivity index (χ1v) is 12.4. The normalized spacial score (nSPS) is 14.5. The zero-order valence-corrected chi connectivity index (χ0v) is 21.0. The maximum atomic E-state index is 13.3. The van der Waals surface area contributed by atoms with Gasteiger partial charge in [-0.05, 0) is 60.7 Å². The molecule has 0 bridgehead atoms. The Bertz CT molecular complexity index is 1620. The first-order valence-electron chi connectivity index (χ1n) is 12.4. The number of nitrogens with zero attached hydrogens (tertiary/aromatic N) is 2. The lowest BCUT2D eigenvalue weighted by atomic mass is 9.71. The molecule has 2 N–H and O–H groups in total. The van der Waals surface area contributed by atoms with Crippen LogP contribution in [0.5, 0.6) is 0 Å².